The molecular formula is C16H22BrNO3. The monoisotopic (exact) mass is 355 g/mol. The first-order chi connectivity index (χ1) is 9.65. The molecule has 2 fully saturated rings. The second-order valence-corrected chi connectivity index (χ2v) is 5.89. The zero-order chi connectivity index (χ0) is 14.1. The number of nitrogens with zero attached hydrogens (tertiary/aromatic N) is 1. The molecule has 0 aromatic heterocycles. The minimum atomic E-state index is -1.17. The molecule has 2 saturated heterocycles. The molecule has 2 bridgehead atoms. The van der Waals surface area contributed by atoms with Gasteiger partial charge < -0.3 is 14.7 Å². The van der Waals surface area contributed by atoms with E-state index in [1.165, 1.54) is 12.8 Å². The molecule has 4 nitrogen and oxygen atoms in total. The molecule has 0 radical (unpaired) electrons. The number of aliphatic hydroxyl groups is 1. The Labute approximate surface area is 135 Å². The van der Waals surface area contributed by atoms with Crippen molar-refractivity contribution in [1.29, 1.82) is 0 Å². The number of halogens is 1. The lowest BCUT2D eigenvalue weighted by atomic mass is 10.0. The summed E-state index contributed by atoms with van der Waals surface area (Å²) < 4.78 is 5.52. The van der Waals surface area contributed by atoms with E-state index >= 15 is 0 Å². The molecule has 0 spiro atoms. The third kappa shape index (κ3) is 3.47. The molecule has 116 valence electrons. The summed E-state index contributed by atoms with van der Waals surface area (Å²) in [5, 5.41) is 10.0. The lowest BCUT2D eigenvalue weighted by Crippen LogP contribution is -2.43. The standard InChI is InChI=1S/C16H21NO3.BrH/c1-17-12-7-8-13(17)10-14(9-12)20-16(19)15(18)11-5-3-2-4-6-11;/h2-6,12-15,18H,7-10H2,1H3;1H/t12-,13+,14?,15-;/m1./s1. The van der Waals surface area contributed by atoms with Crippen LogP contribution in [0.3, 0.4) is 0 Å². The van der Waals surface area contributed by atoms with E-state index < -0.39 is 12.1 Å². The van der Waals surface area contributed by atoms with Gasteiger partial charge >= 0.3 is 5.97 Å². The van der Waals surface area contributed by atoms with Crippen LogP contribution in [0.2, 0.25) is 0 Å². The number of benzene rings is 1. The summed E-state index contributed by atoms with van der Waals surface area (Å²) in [4.78, 5) is 14.4. The Bertz CT molecular complexity index is 468. The fourth-order valence-corrected chi connectivity index (χ4v) is 3.46. The smallest absolute Gasteiger partial charge is 0.339 e. The largest absolute Gasteiger partial charge is 0.460 e. The SMILES string of the molecule is Br.CN1[C@@H]2CC[C@H]1CC(OC(=O)[C@H](O)c1ccccc1)C2. The maximum Gasteiger partial charge on any atom is 0.339 e. The number of piperidine rings is 1. The van der Waals surface area contributed by atoms with E-state index in [-0.39, 0.29) is 23.1 Å². The second kappa shape index (κ2) is 6.90. The van der Waals surface area contributed by atoms with Crippen molar-refractivity contribution in [2.45, 2.75) is 50.0 Å². The molecule has 0 aliphatic carbocycles. The molecule has 5 heteroatoms. The lowest BCUT2D eigenvalue weighted by Gasteiger charge is -2.36. The van der Waals surface area contributed by atoms with Crippen molar-refractivity contribution < 1.29 is 14.6 Å². The van der Waals surface area contributed by atoms with E-state index in [4.69, 9.17) is 4.74 Å². The number of hydrogen-bond acceptors (Lipinski definition) is 4. The van der Waals surface area contributed by atoms with Gasteiger partial charge in [-0.2, -0.15) is 0 Å². The van der Waals surface area contributed by atoms with E-state index in [1.807, 2.05) is 18.2 Å². The summed E-state index contributed by atoms with van der Waals surface area (Å²) in [7, 11) is 2.15. The summed E-state index contributed by atoms with van der Waals surface area (Å²) in [6.45, 7) is 0. The quantitative estimate of drug-likeness (QED) is 0.846. The zero-order valence-corrected chi connectivity index (χ0v) is 13.9. The van der Waals surface area contributed by atoms with Crippen molar-refractivity contribution in [2.24, 2.45) is 0 Å². The topological polar surface area (TPSA) is 49.8 Å². The van der Waals surface area contributed by atoms with Crippen LogP contribution in [-0.2, 0) is 9.53 Å². The molecule has 1 aromatic carbocycles. The molecule has 1 aromatic rings. The zero-order valence-electron chi connectivity index (χ0n) is 12.1. The van der Waals surface area contributed by atoms with Gasteiger partial charge in [-0.25, -0.2) is 4.79 Å². The van der Waals surface area contributed by atoms with Crippen LogP contribution in [0.25, 0.3) is 0 Å². The minimum Gasteiger partial charge on any atom is -0.460 e. The van der Waals surface area contributed by atoms with Crippen molar-refractivity contribution in [3.63, 3.8) is 0 Å². The Hall–Kier alpha value is -0.910. The number of aliphatic hydroxyl groups excluding tert-OH is 1. The molecule has 2 heterocycles. The summed E-state index contributed by atoms with van der Waals surface area (Å²) in [6, 6.07) is 10.0. The van der Waals surface area contributed by atoms with E-state index in [0.29, 0.717) is 17.6 Å². The van der Waals surface area contributed by atoms with E-state index in [9.17, 15) is 9.90 Å². The minimum absolute atomic E-state index is 0. The number of hydrogen-bond donors (Lipinski definition) is 1. The van der Waals surface area contributed by atoms with Crippen LogP contribution in [0.5, 0.6) is 0 Å². The third-order valence-corrected chi connectivity index (χ3v) is 4.68. The lowest BCUT2D eigenvalue weighted by molar-refractivity contribution is -0.162. The highest BCUT2D eigenvalue weighted by Gasteiger charge is 2.40. The maximum atomic E-state index is 12.0. The first kappa shape index (κ1) is 16.5. The van der Waals surface area contributed by atoms with Gasteiger partial charge in [-0.05, 0) is 38.3 Å². The molecule has 1 unspecified atom stereocenters. The molecular weight excluding hydrogens is 334 g/mol. The molecule has 4 atom stereocenters. The molecule has 3 rings (SSSR count). The van der Waals surface area contributed by atoms with Gasteiger partial charge in [0.2, 0.25) is 0 Å². The Morgan fingerprint density at radius 1 is 1.24 bits per heavy atom. The normalized spacial score (nSPS) is 29.5. The number of rotatable bonds is 3. The first-order valence-corrected chi connectivity index (χ1v) is 7.30. The van der Waals surface area contributed by atoms with Crippen molar-refractivity contribution >= 4 is 23.0 Å². The first-order valence-electron chi connectivity index (χ1n) is 7.30. The molecule has 0 amide bonds. The van der Waals surface area contributed by atoms with Gasteiger partial charge in [-0.1, -0.05) is 30.3 Å². The van der Waals surface area contributed by atoms with Crippen LogP contribution in [0.15, 0.2) is 30.3 Å². The van der Waals surface area contributed by atoms with E-state index in [0.717, 1.165) is 12.8 Å². The maximum absolute atomic E-state index is 12.0. The van der Waals surface area contributed by atoms with Crippen molar-refractivity contribution in [3.8, 4) is 0 Å². The van der Waals surface area contributed by atoms with Gasteiger partial charge in [0, 0.05) is 12.1 Å². The van der Waals surface area contributed by atoms with Crippen LogP contribution in [0, 0.1) is 0 Å². The second-order valence-electron chi connectivity index (χ2n) is 5.89. The summed E-state index contributed by atoms with van der Waals surface area (Å²) in [5.74, 6) is -0.523. The van der Waals surface area contributed by atoms with Gasteiger partial charge in [-0.3, -0.25) is 0 Å². The predicted molar refractivity (Wildman–Crippen MR) is 85.4 cm³/mol. The van der Waals surface area contributed by atoms with Crippen LogP contribution >= 0.6 is 17.0 Å². The van der Waals surface area contributed by atoms with Crippen LogP contribution in [0.4, 0.5) is 0 Å². The van der Waals surface area contributed by atoms with Gasteiger partial charge in [0.1, 0.15) is 6.10 Å². The molecule has 21 heavy (non-hydrogen) atoms. The van der Waals surface area contributed by atoms with E-state index in [2.05, 4.69) is 11.9 Å². The van der Waals surface area contributed by atoms with Crippen molar-refractivity contribution in [2.75, 3.05) is 7.05 Å². The fraction of sp³-hybridized carbons (Fsp3) is 0.562. The molecule has 1 N–H and O–H groups in total. The van der Waals surface area contributed by atoms with Gasteiger partial charge in [0.25, 0.3) is 0 Å². The van der Waals surface area contributed by atoms with E-state index in [1.54, 1.807) is 12.1 Å². The number of carbonyl (C=O) groups excluding carboxylic acids is 1. The van der Waals surface area contributed by atoms with Crippen molar-refractivity contribution in [3.05, 3.63) is 35.9 Å². The molecule has 2 aliphatic rings. The Kier molecular flexibility index (Phi) is 5.41. The van der Waals surface area contributed by atoms with Crippen LogP contribution in [-0.4, -0.2) is 41.2 Å². The van der Waals surface area contributed by atoms with Crippen molar-refractivity contribution in [1.82, 2.24) is 4.90 Å². The number of ether oxygens (including phenoxy) is 1. The number of esters is 1. The van der Waals surface area contributed by atoms with Crippen LogP contribution in [0.1, 0.15) is 37.4 Å². The summed E-state index contributed by atoms with van der Waals surface area (Å²) >= 11 is 0. The average molecular weight is 356 g/mol. The molecule has 2 aliphatic heterocycles. The highest BCUT2D eigenvalue weighted by atomic mass is 79.9. The average Bonchev–Trinajstić information content (AvgIpc) is 2.69. The van der Waals surface area contributed by atoms with Crippen LogP contribution < -0.4 is 0 Å². The predicted octanol–water partition coefficient (Wildman–Crippen LogP) is 2.47. The Morgan fingerprint density at radius 2 is 1.81 bits per heavy atom. The highest BCUT2D eigenvalue weighted by molar-refractivity contribution is 8.93. The molecule has 0 saturated carbocycles. The van der Waals surface area contributed by atoms with Gasteiger partial charge in [0.05, 0.1) is 0 Å². The summed E-state index contributed by atoms with van der Waals surface area (Å²) in [6.07, 6.45) is 2.94. The Morgan fingerprint density at radius 3 is 2.38 bits per heavy atom. The number of carbonyl (C=O) groups is 1. The van der Waals surface area contributed by atoms with Gasteiger partial charge in [-0.15, -0.1) is 17.0 Å². The van der Waals surface area contributed by atoms with Gasteiger partial charge in [0.15, 0.2) is 6.10 Å². The third-order valence-electron chi connectivity index (χ3n) is 4.68. The fourth-order valence-electron chi connectivity index (χ4n) is 3.46. The number of fused-ring (bicyclic) bond motifs is 2. The summed E-state index contributed by atoms with van der Waals surface area (Å²) in [5.41, 5.74) is 0.591. The Balaban J connectivity index is 0.00000161. The highest BCUT2D eigenvalue weighted by Crippen LogP contribution is 2.35.